The Balaban J connectivity index is 2.77. The van der Waals surface area contributed by atoms with Gasteiger partial charge in [0.25, 0.3) is 0 Å². The van der Waals surface area contributed by atoms with E-state index in [1.165, 1.54) is 18.2 Å². The van der Waals surface area contributed by atoms with Crippen molar-refractivity contribution in [2.75, 3.05) is 18.6 Å². The summed E-state index contributed by atoms with van der Waals surface area (Å²) in [5, 5.41) is 8.48. The van der Waals surface area contributed by atoms with E-state index < -0.39 is 16.0 Å². The number of carboxylic acids is 1. The van der Waals surface area contributed by atoms with Crippen molar-refractivity contribution in [3.8, 4) is 0 Å². The second kappa shape index (κ2) is 7.32. The third-order valence-electron chi connectivity index (χ3n) is 2.21. The molecule has 0 atom stereocenters. The molecule has 0 amide bonds. The number of rotatable bonds is 7. The second-order valence-electron chi connectivity index (χ2n) is 3.63. The van der Waals surface area contributed by atoms with Crippen LogP contribution in [0.2, 0.25) is 0 Å². The molecular formula is C12H15NO4S2. The van der Waals surface area contributed by atoms with Crippen molar-refractivity contribution in [1.82, 2.24) is 4.72 Å². The first kappa shape index (κ1) is 15.7. The van der Waals surface area contributed by atoms with Crippen molar-refractivity contribution in [3.63, 3.8) is 0 Å². The molecule has 0 saturated carbocycles. The van der Waals surface area contributed by atoms with Crippen LogP contribution in [0.1, 0.15) is 5.56 Å². The minimum Gasteiger partial charge on any atom is -0.478 e. The number of thioether (sulfide) groups is 1. The summed E-state index contributed by atoms with van der Waals surface area (Å²) >= 11 is 1.56. The Morgan fingerprint density at radius 1 is 1.37 bits per heavy atom. The largest absolute Gasteiger partial charge is 0.478 e. The van der Waals surface area contributed by atoms with Gasteiger partial charge in [-0.25, -0.2) is 17.9 Å². The standard InChI is InChI=1S/C12H15NO4S2/c1-18-9-8-13-19(16,17)11-5-2-10(3-6-11)4-7-12(14)15/h2-7,13H,8-9H2,1H3,(H,14,15)/b7-4+. The van der Waals surface area contributed by atoms with E-state index in [-0.39, 0.29) is 4.90 Å². The van der Waals surface area contributed by atoms with Gasteiger partial charge in [-0.3, -0.25) is 0 Å². The van der Waals surface area contributed by atoms with Crippen LogP contribution in [0.3, 0.4) is 0 Å². The highest BCUT2D eigenvalue weighted by molar-refractivity contribution is 7.98. The van der Waals surface area contributed by atoms with Gasteiger partial charge in [0.15, 0.2) is 0 Å². The predicted octanol–water partition coefficient (Wildman–Crippen LogP) is 1.43. The molecule has 19 heavy (non-hydrogen) atoms. The highest BCUT2D eigenvalue weighted by Crippen LogP contribution is 2.11. The lowest BCUT2D eigenvalue weighted by molar-refractivity contribution is -0.131. The molecule has 0 spiro atoms. The van der Waals surface area contributed by atoms with Crippen molar-refractivity contribution in [3.05, 3.63) is 35.9 Å². The molecule has 0 radical (unpaired) electrons. The maximum Gasteiger partial charge on any atom is 0.328 e. The molecule has 1 rings (SSSR count). The topological polar surface area (TPSA) is 83.5 Å². The Labute approximate surface area is 116 Å². The predicted molar refractivity (Wildman–Crippen MR) is 76.7 cm³/mol. The van der Waals surface area contributed by atoms with E-state index in [1.54, 1.807) is 23.9 Å². The normalized spacial score (nSPS) is 11.8. The quantitative estimate of drug-likeness (QED) is 0.588. The van der Waals surface area contributed by atoms with E-state index in [0.29, 0.717) is 17.9 Å². The molecule has 0 bridgehead atoms. The van der Waals surface area contributed by atoms with E-state index in [0.717, 1.165) is 6.08 Å². The zero-order valence-corrected chi connectivity index (χ0v) is 12.0. The summed E-state index contributed by atoms with van der Waals surface area (Å²) in [4.78, 5) is 10.5. The number of hydrogen-bond donors (Lipinski definition) is 2. The summed E-state index contributed by atoms with van der Waals surface area (Å²) < 4.78 is 26.2. The molecule has 0 unspecified atom stereocenters. The fourth-order valence-corrected chi connectivity index (χ4v) is 2.75. The highest BCUT2D eigenvalue weighted by Gasteiger charge is 2.12. The zero-order chi connectivity index (χ0) is 14.3. The monoisotopic (exact) mass is 301 g/mol. The molecule has 0 fully saturated rings. The number of aliphatic carboxylic acids is 1. The number of hydrogen-bond acceptors (Lipinski definition) is 4. The minimum absolute atomic E-state index is 0.168. The zero-order valence-electron chi connectivity index (χ0n) is 10.4. The van der Waals surface area contributed by atoms with E-state index >= 15 is 0 Å². The molecule has 7 heteroatoms. The fraction of sp³-hybridized carbons (Fsp3) is 0.250. The van der Waals surface area contributed by atoms with E-state index in [1.807, 2.05) is 6.26 Å². The first-order valence-electron chi connectivity index (χ1n) is 5.45. The van der Waals surface area contributed by atoms with Crippen LogP contribution in [0.4, 0.5) is 0 Å². The Morgan fingerprint density at radius 3 is 2.53 bits per heavy atom. The molecule has 0 saturated heterocycles. The molecule has 1 aromatic carbocycles. The van der Waals surface area contributed by atoms with Crippen molar-refractivity contribution < 1.29 is 18.3 Å². The smallest absolute Gasteiger partial charge is 0.328 e. The summed E-state index contributed by atoms with van der Waals surface area (Å²) in [5.41, 5.74) is 0.630. The Bertz CT molecular complexity index is 550. The molecule has 0 aliphatic carbocycles. The molecule has 0 aromatic heterocycles. The molecule has 5 nitrogen and oxygen atoms in total. The van der Waals surface area contributed by atoms with Crippen LogP contribution in [-0.2, 0) is 14.8 Å². The van der Waals surface area contributed by atoms with Gasteiger partial charge in [0, 0.05) is 18.4 Å². The maximum absolute atomic E-state index is 11.9. The number of nitrogens with one attached hydrogen (secondary N) is 1. The average Bonchev–Trinajstić information content (AvgIpc) is 2.37. The lowest BCUT2D eigenvalue weighted by Crippen LogP contribution is -2.25. The van der Waals surface area contributed by atoms with Gasteiger partial charge in [-0.1, -0.05) is 12.1 Å². The highest BCUT2D eigenvalue weighted by atomic mass is 32.2. The van der Waals surface area contributed by atoms with Crippen LogP contribution in [0.15, 0.2) is 35.2 Å². The summed E-state index contributed by atoms with van der Waals surface area (Å²) in [6.45, 7) is 0.379. The van der Waals surface area contributed by atoms with Gasteiger partial charge in [-0.15, -0.1) is 0 Å². The van der Waals surface area contributed by atoms with Crippen LogP contribution in [0, 0.1) is 0 Å². The van der Waals surface area contributed by atoms with Crippen molar-refractivity contribution in [2.24, 2.45) is 0 Å². The van der Waals surface area contributed by atoms with Gasteiger partial charge in [-0.05, 0) is 30.0 Å². The molecular weight excluding hydrogens is 286 g/mol. The average molecular weight is 301 g/mol. The van der Waals surface area contributed by atoms with Crippen molar-refractivity contribution >= 4 is 33.8 Å². The SMILES string of the molecule is CSCCNS(=O)(=O)c1ccc(/C=C/C(=O)O)cc1. The number of carbonyl (C=O) groups is 1. The number of benzene rings is 1. The lowest BCUT2D eigenvalue weighted by atomic mass is 10.2. The van der Waals surface area contributed by atoms with Gasteiger partial charge in [0.05, 0.1) is 4.90 Å². The lowest BCUT2D eigenvalue weighted by Gasteiger charge is -2.06. The first-order valence-corrected chi connectivity index (χ1v) is 8.33. The Morgan fingerprint density at radius 2 is 2.00 bits per heavy atom. The second-order valence-corrected chi connectivity index (χ2v) is 6.38. The third kappa shape index (κ3) is 5.46. The molecule has 104 valence electrons. The van der Waals surface area contributed by atoms with E-state index in [4.69, 9.17) is 5.11 Å². The van der Waals surface area contributed by atoms with Crippen LogP contribution in [0.25, 0.3) is 6.08 Å². The number of sulfonamides is 1. The first-order chi connectivity index (χ1) is 8.95. The molecule has 1 aromatic rings. The Hall–Kier alpha value is -1.31. The van der Waals surface area contributed by atoms with Gasteiger partial charge < -0.3 is 5.11 Å². The third-order valence-corrected chi connectivity index (χ3v) is 4.30. The molecule has 0 heterocycles. The minimum atomic E-state index is -3.48. The Kier molecular flexibility index (Phi) is 6.07. The summed E-state index contributed by atoms with van der Waals surface area (Å²) in [6, 6.07) is 6.01. The van der Waals surface area contributed by atoms with Crippen LogP contribution in [0.5, 0.6) is 0 Å². The van der Waals surface area contributed by atoms with Crippen LogP contribution < -0.4 is 4.72 Å². The van der Waals surface area contributed by atoms with Gasteiger partial charge in [-0.2, -0.15) is 11.8 Å². The van der Waals surface area contributed by atoms with Crippen molar-refractivity contribution in [2.45, 2.75) is 4.90 Å². The molecule has 0 aliphatic heterocycles. The summed E-state index contributed by atoms with van der Waals surface area (Å²) in [5.74, 6) is -0.339. The van der Waals surface area contributed by atoms with E-state index in [9.17, 15) is 13.2 Å². The molecule has 2 N–H and O–H groups in total. The van der Waals surface area contributed by atoms with Gasteiger partial charge in [0.2, 0.25) is 10.0 Å². The summed E-state index contributed by atoms with van der Waals surface area (Å²) in [6.07, 6.45) is 4.30. The molecule has 0 aliphatic rings. The van der Waals surface area contributed by atoms with E-state index in [2.05, 4.69) is 4.72 Å². The summed E-state index contributed by atoms with van der Waals surface area (Å²) in [7, 11) is -3.48. The maximum atomic E-state index is 11.9. The fourth-order valence-electron chi connectivity index (χ4n) is 1.29. The van der Waals surface area contributed by atoms with Crippen LogP contribution >= 0.6 is 11.8 Å². The van der Waals surface area contributed by atoms with Gasteiger partial charge >= 0.3 is 5.97 Å². The van der Waals surface area contributed by atoms with Crippen LogP contribution in [-0.4, -0.2) is 38.0 Å². The van der Waals surface area contributed by atoms with Crippen molar-refractivity contribution in [1.29, 1.82) is 0 Å². The number of carboxylic acid groups (broad SMARTS) is 1. The van der Waals surface area contributed by atoms with Gasteiger partial charge in [0.1, 0.15) is 0 Å².